The van der Waals surface area contributed by atoms with Crippen LogP contribution in [0.1, 0.15) is 5.69 Å². The molecule has 0 spiro atoms. The molecule has 2 aromatic carbocycles. The van der Waals surface area contributed by atoms with Gasteiger partial charge in [0.2, 0.25) is 5.95 Å². The van der Waals surface area contributed by atoms with Gasteiger partial charge in [-0.25, -0.2) is 24.3 Å². The second kappa shape index (κ2) is 9.18. The first-order chi connectivity index (χ1) is 16.9. The number of hydrogen-bond acceptors (Lipinski definition) is 8. The van der Waals surface area contributed by atoms with Gasteiger partial charge in [-0.1, -0.05) is 18.2 Å². The SMILES string of the molecule is Cc1ccnc(Oc2ccc(-c3cnc(Nc4cnn(C)c4)nc3-c3cccc(N)c3)cc2F)n1. The van der Waals surface area contributed by atoms with Gasteiger partial charge in [-0.05, 0) is 42.8 Å². The summed E-state index contributed by atoms with van der Waals surface area (Å²) in [7, 11) is 1.82. The molecular formula is C25H21FN8O. The molecule has 0 bridgehead atoms. The normalized spacial score (nSPS) is 10.8. The highest BCUT2D eigenvalue weighted by molar-refractivity contribution is 5.82. The molecule has 0 saturated heterocycles. The van der Waals surface area contributed by atoms with E-state index in [9.17, 15) is 0 Å². The zero-order chi connectivity index (χ0) is 24.4. The fraction of sp³-hybridized carbons (Fsp3) is 0.0800. The molecular weight excluding hydrogens is 447 g/mol. The van der Waals surface area contributed by atoms with Crippen molar-refractivity contribution in [1.82, 2.24) is 29.7 Å². The van der Waals surface area contributed by atoms with Crippen LogP contribution >= 0.6 is 0 Å². The molecule has 0 aliphatic rings. The molecule has 10 heteroatoms. The summed E-state index contributed by atoms with van der Waals surface area (Å²) in [5.41, 5.74) is 10.6. The Morgan fingerprint density at radius 3 is 2.63 bits per heavy atom. The molecule has 3 N–H and O–H groups in total. The number of nitrogens with zero attached hydrogens (tertiary/aromatic N) is 6. The van der Waals surface area contributed by atoms with Gasteiger partial charge in [0.1, 0.15) is 0 Å². The zero-order valence-corrected chi connectivity index (χ0v) is 19.0. The van der Waals surface area contributed by atoms with Crippen LogP contribution in [0.2, 0.25) is 0 Å². The van der Waals surface area contributed by atoms with Gasteiger partial charge < -0.3 is 15.8 Å². The third-order valence-electron chi connectivity index (χ3n) is 5.13. The molecule has 0 aliphatic heterocycles. The fourth-order valence-corrected chi connectivity index (χ4v) is 3.50. The number of benzene rings is 2. The second-order valence-corrected chi connectivity index (χ2v) is 7.84. The zero-order valence-electron chi connectivity index (χ0n) is 19.0. The second-order valence-electron chi connectivity index (χ2n) is 7.84. The van der Waals surface area contributed by atoms with Crippen molar-refractivity contribution in [3.05, 3.63) is 84.8 Å². The van der Waals surface area contributed by atoms with E-state index in [-0.39, 0.29) is 11.8 Å². The van der Waals surface area contributed by atoms with Crippen molar-refractivity contribution >= 4 is 17.3 Å². The van der Waals surface area contributed by atoms with Crippen LogP contribution in [0.25, 0.3) is 22.4 Å². The van der Waals surface area contributed by atoms with Crippen LogP contribution in [0.15, 0.2) is 73.3 Å². The van der Waals surface area contributed by atoms with Crippen LogP contribution in [0, 0.1) is 12.7 Å². The Hall–Kier alpha value is -4.86. The molecule has 0 saturated carbocycles. The van der Waals surface area contributed by atoms with Crippen LogP contribution in [-0.2, 0) is 7.05 Å². The maximum atomic E-state index is 15.0. The van der Waals surface area contributed by atoms with E-state index >= 15 is 4.39 Å². The maximum Gasteiger partial charge on any atom is 0.322 e. The number of nitrogens with one attached hydrogen (secondary N) is 1. The van der Waals surface area contributed by atoms with Crippen molar-refractivity contribution in [3.8, 4) is 34.1 Å². The van der Waals surface area contributed by atoms with E-state index in [0.717, 1.165) is 16.9 Å². The minimum absolute atomic E-state index is 0.0145. The average Bonchev–Trinajstić information content (AvgIpc) is 3.25. The summed E-state index contributed by atoms with van der Waals surface area (Å²) in [5.74, 6) is -0.180. The van der Waals surface area contributed by atoms with Crippen LogP contribution in [0.5, 0.6) is 11.8 Å². The summed E-state index contributed by atoms with van der Waals surface area (Å²) in [6.07, 6.45) is 6.68. The minimum Gasteiger partial charge on any atom is -0.421 e. The Morgan fingerprint density at radius 1 is 1.00 bits per heavy atom. The molecule has 5 aromatic rings. The summed E-state index contributed by atoms with van der Waals surface area (Å²) in [4.78, 5) is 17.3. The smallest absolute Gasteiger partial charge is 0.322 e. The van der Waals surface area contributed by atoms with Gasteiger partial charge in [0, 0.05) is 48.1 Å². The molecule has 5 rings (SSSR count). The number of nitrogens with two attached hydrogens (primary N) is 1. The molecule has 9 nitrogen and oxygen atoms in total. The van der Waals surface area contributed by atoms with Gasteiger partial charge in [0.25, 0.3) is 0 Å². The third-order valence-corrected chi connectivity index (χ3v) is 5.13. The molecule has 35 heavy (non-hydrogen) atoms. The number of hydrogen-bond donors (Lipinski definition) is 2. The van der Waals surface area contributed by atoms with E-state index in [1.54, 1.807) is 48.4 Å². The Bertz CT molecular complexity index is 1520. The van der Waals surface area contributed by atoms with E-state index in [2.05, 4.69) is 25.4 Å². The van der Waals surface area contributed by atoms with E-state index in [1.807, 2.05) is 31.4 Å². The number of ether oxygens (including phenoxy) is 1. The lowest BCUT2D eigenvalue weighted by Gasteiger charge is -2.13. The van der Waals surface area contributed by atoms with Gasteiger partial charge in [-0.15, -0.1) is 0 Å². The van der Waals surface area contributed by atoms with Gasteiger partial charge in [-0.3, -0.25) is 4.68 Å². The van der Waals surface area contributed by atoms with Crippen molar-refractivity contribution in [1.29, 1.82) is 0 Å². The molecule has 0 radical (unpaired) electrons. The van der Waals surface area contributed by atoms with Crippen molar-refractivity contribution in [2.24, 2.45) is 7.05 Å². The van der Waals surface area contributed by atoms with E-state index in [0.29, 0.717) is 28.5 Å². The highest BCUT2D eigenvalue weighted by Crippen LogP contribution is 2.34. The van der Waals surface area contributed by atoms with E-state index < -0.39 is 5.82 Å². The minimum atomic E-state index is -0.566. The first kappa shape index (κ1) is 22.0. The summed E-state index contributed by atoms with van der Waals surface area (Å²) in [6, 6.07) is 13.8. The Morgan fingerprint density at radius 2 is 1.89 bits per heavy atom. The van der Waals surface area contributed by atoms with Crippen molar-refractivity contribution < 1.29 is 9.13 Å². The van der Waals surface area contributed by atoms with Gasteiger partial charge in [0.15, 0.2) is 11.6 Å². The first-order valence-electron chi connectivity index (χ1n) is 10.7. The van der Waals surface area contributed by atoms with Crippen LogP contribution in [-0.4, -0.2) is 29.7 Å². The number of halogens is 1. The summed E-state index contributed by atoms with van der Waals surface area (Å²) in [5, 5.41) is 7.28. The number of aryl methyl sites for hydroxylation is 2. The first-order valence-corrected chi connectivity index (χ1v) is 10.7. The molecule has 3 aromatic heterocycles. The monoisotopic (exact) mass is 468 g/mol. The summed E-state index contributed by atoms with van der Waals surface area (Å²) >= 11 is 0. The summed E-state index contributed by atoms with van der Waals surface area (Å²) < 4.78 is 22.2. The van der Waals surface area contributed by atoms with Gasteiger partial charge >= 0.3 is 6.01 Å². The Labute approximate surface area is 200 Å². The lowest BCUT2D eigenvalue weighted by atomic mass is 10.00. The highest BCUT2D eigenvalue weighted by atomic mass is 19.1. The molecule has 174 valence electrons. The van der Waals surface area contributed by atoms with Crippen LogP contribution in [0.4, 0.5) is 21.7 Å². The number of anilines is 3. The third kappa shape index (κ3) is 4.91. The predicted molar refractivity (Wildman–Crippen MR) is 131 cm³/mol. The molecule has 0 atom stereocenters. The lowest BCUT2D eigenvalue weighted by molar-refractivity contribution is 0.410. The van der Waals surface area contributed by atoms with Crippen molar-refractivity contribution in [2.45, 2.75) is 6.92 Å². The molecule has 0 aliphatic carbocycles. The number of aromatic nitrogens is 6. The maximum absolute atomic E-state index is 15.0. The largest absolute Gasteiger partial charge is 0.421 e. The average molecular weight is 468 g/mol. The van der Waals surface area contributed by atoms with E-state index in [1.165, 1.54) is 12.1 Å². The predicted octanol–water partition coefficient (Wildman–Crippen LogP) is 4.90. The van der Waals surface area contributed by atoms with Crippen LogP contribution < -0.4 is 15.8 Å². The van der Waals surface area contributed by atoms with Gasteiger partial charge in [-0.2, -0.15) is 5.10 Å². The number of rotatable bonds is 6. The Kier molecular flexibility index (Phi) is 5.76. The van der Waals surface area contributed by atoms with Crippen LogP contribution in [0.3, 0.4) is 0 Å². The molecule has 0 amide bonds. The Balaban J connectivity index is 1.53. The molecule has 3 heterocycles. The summed E-state index contributed by atoms with van der Waals surface area (Å²) in [6.45, 7) is 1.80. The lowest BCUT2D eigenvalue weighted by Crippen LogP contribution is -2.01. The van der Waals surface area contributed by atoms with Crippen molar-refractivity contribution in [2.75, 3.05) is 11.1 Å². The van der Waals surface area contributed by atoms with Crippen molar-refractivity contribution in [3.63, 3.8) is 0 Å². The highest BCUT2D eigenvalue weighted by Gasteiger charge is 2.16. The standard InChI is InChI=1S/C25H21FN8O/c1-15-8-9-28-25(31-15)35-22-7-6-16(11-21(22)26)20-13-29-24(32-19-12-30-34(2)14-19)33-23(20)17-4-3-5-18(27)10-17/h3-14H,27H2,1-2H3,(H,29,32,33). The van der Waals surface area contributed by atoms with E-state index in [4.69, 9.17) is 15.5 Å². The fourth-order valence-electron chi connectivity index (χ4n) is 3.50. The topological polar surface area (TPSA) is 117 Å². The van der Waals surface area contributed by atoms with Gasteiger partial charge in [0.05, 0.1) is 17.6 Å². The number of nitrogen functional groups attached to an aromatic ring is 1. The molecule has 0 fully saturated rings. The molecule has 0 unspecified atom stereocenters. The quantitative estimate of drug-likeness (QED) is 0.338.